The van der Waals surface area contributed by atoms with Crippen molar-refractivity contribution in [1.82, 2.24) is 0 Å². The molecule has 0 aromatic heterocycles. The Labute approximate surface area is 112 Å². The van der Waals surface area contributed by atoms with Crippen molar-refractivity contribution in [3.63, 3.8) is 0 Å². The van der Waals surface area contributed by atoms with E-state index < -0.39 is 6.10 Å². The van der Waals surface area contributed by atoms with Crippen molar-refractivity contribution >= 4 is 12.2 Å². The minimum absolute atomic E-state index is 0.0183. The van der Waals surface area contributed by atoms with E-state index in [9.17, 15) is 10.2 Å². The monoisotopic (exact) mass is 252 g/mol. The highest BCUT2D eigenvalue weighted by molar-refractivity contribution is 5.78. The number of hydrogen-bond acceptors (Lipinski definition) is 2. The van der Waals surface area contributed by atoms with E-state index in [-0.39, 0.29) is 6.61 Å². The molecule has 2 aromatic carbocycles. The largest absolute Gasteiger partial charge is 0.392 e. The van der Waals surface area contributed by atoms with Gasteiger partial charge in [0.05, 0.1) is 6.61 Å². The van der Waals surface area contributed by atoms with Gasteiger partial charge in [0.1, 0.15) is 6.10 Å². The Morgan fingerprint density at radius 3 is 2.63 bits per heavy atom. The smallest absolute Gasteiger partial charge is 0.105 e. The summed E-state index contributed by atoms with van der Waals surface area (Å²) >= 11 is 0. The summed E-state index contributed by atoms with van der Waals surface area (Å²) in [4.78, 5) is 0. The topological polar surface area (TPSA) is 40.5 Å². The number of aliphatic hydroxyl groups excluding tert-OH is 2. The molecule has 0 spiro atoms. The molecule has 19 heavy (non-hydrogen) atoms. The molecular weight excluding hydrogens is 236 g/mol. The second kappa shape index (κ2) is 4.65. The molecule has 1 unspecified atom stereocenters. The van der Waals surface area contributed by atoms with Gasteiger partial charge in [0.2, 0.25) is 0 Å². The first-order chi connectivity index (χ1) is 9.22. The molecule has 0 radical (unpaired) electrons. The molecule has 0 heterocycles. The maximum Gasteiger partial charge on any atom is 0.105 e. The molecule has 2 nitrogen and oxygen atoms in total. The highest BCUT2D eigenvalue weighted by Gasteiger charge is 2.21. The fraction of sp³-hybridized carbons (Fsp3) is 0.176. The molecule has 0 amide bonds. The Hall–Kier alpha value is -1.90. The van der Waals surface area contributed by atoms with Gasteiger partial charge in [0.25, 0.3) is 0 Å². The summed E-state index contributed by atoms with van der Waals surface area (Å²) in [7, 11) is 0. The number of aliphatic hydroxyl groups is 2. The fourth-order valence-corrected chi connectivity index (χ4v) is 2.76. The molecule has 3 rings (SSSR count). The van der Waals surface area contributed by atoms with Crippen LogP contribution in [0.15, 0.2) is 36.4 Å². The Morgan fingerprint density at radius 2 is 1.84 bits per heavy atom. The van der Waals surface area contributed by atoms with Gasteiger partial charge in [-0.05, 0) is 40.3 Å². The molecule has 1 aliphatic carbocycles. The molecule has 1 aliphatic rings. The lowest BCUT2D eigenvalue weighted by molar-refractivity contribution is 0.218. The maximum absolute atomic E-state index is 10.7. The minimum atomic E-state index is -0.646. The quantitative estimate of drug-likeness (QED) is 0.819. The van der Waals surface area contributed by atoms with Crippen LogP contribution in [0.3, 0.4) is 0 Å². The molecule has 1 atom stereocenters. The molecule has 0 bridgehead atoms. The van der Waals surface area contributed by atoms with Gasteiger partial charge in [0, 0.05) is 0 Å². The van der Waals surface area contributed by atoms with Gasteiger partial charge in [-0.1, -0.05) is 48.6 Å². The molecule has 0 aliphatic heterocycles. The normalized spacial score (nSPS) is 16.7. The van der Waals surface area contributed by atoms with Crippen LogP contribution in [0.25, 0.3) is 12.2 Å². The van der Waals surface area contributed by atoms with E-state index in [0.717, 1.165) is 33.4 Å². The van der Waals surface area contributed by atoms with Gasteiger partial charge in [0.15, 0.2) is 0 Å². The third-order valence-corrected chi connectivity index (χ3v) is 3.76. The van der Waals surface area contributed by atoms with Gasteiger partial charge in [-0.15, -0.1) is 0 Å². The Morgan fingerprint density at radius 1 is 1.05 bits per heavy atom. The summed E-state index contributed by atoms with van der Waals surface area (Å²) < 4.78 is 0. The third-order valence-electron chi connectivity index (χ3n) is 3.76. The van der Waals surface area contributed by atoms with Gasteiger partial charge in [-0.25, -0.2) is 0 Å². The predicted octanol–water partition coefficient (Wildman–Crippen LogP) is 3.05. The van der Waals surface area contributed by atoms with E-state index in [1.54, 1.807) is 0 Å². The molecule has 0 fully saturated rings. The SMILES string of the molecule is Cc1cccc2c1C(O)c1cccc(CO)c1C=C2. The second-order valence-corrected chi connectivity index (χ2v) is 4.89. The Bertz CT molecular complexity index is 656. The van der Waals surface area contributed by atoms with Crippen LogP contribution in [-0.4, -0.2) is 10.2 Å². The first kappa shape index (κ1) is 12.2. The zero-order chi connectivity index (χ0) is 13.4. The van der Waals surface area contributed by atoms with E-state index in [0.29, 0.717) is 0 Å². The van der Waals surface area contributed by atoms with E-state index in [2.05, 4.69) is 0 Å². The van der Waals surface area contributed by atoms with Gasteiger partial charge in [-0.3, -0.25) is 0 Å². The van der Waals surface area contributed by atoms with E-state index >= 15 is 0 Å². The molecule has 2 N–H and O–H groups in total. The Kier molecular flexibility index (Phi) is 2.97. The number of aryl methyl sites for hydroxylation is 1. The number of rotatable bonds is 1. The number of fused-ring (bicyclic) bond motifs is 2. The number of benzene rings is 2. The zero-order valence-corrected chi connectivity index (χ0v) is 10.8. The fourth-order valence-electron chi connectivity index (χ4n) is 2.76. The van der Waals surface area contributed by atoms with Crippen molar-refractivity contribution in [2.75, 3.05) is 0 Å². The van der Waals surface area contributed by atoms with Gasteiger partial charge >= 0.3 is 0 Å². The average Bonchev–Trinajstić information content (AvgIpc) is 2.57. The lowest BCUT2D eigenvalue weighted by Crippen LogP contribution is -2.06. The summed E-state index contributed by atoms with van der Waals surface area (Å²) in [6.07, 6.45) is 3.35. The van der Waals surface area contributed by atoms with Gasteiger partial charge < -0.3 is 10.2 Å². The van der Waals surface area contributed by atoms with E-state index in [1.165, 1.54) is 0 Å². The van der Waals surface area contributed by atoms with Crippen LogP contribution in [0.1, 0.15) is 39.5 Å². The second-order valence-electron chi connectivity index (χ2n) is 4.89. The summed E-state index contributed by atoms with van der Waals surface area (Å²) in [6, 6.07) is 11.7. The van der Waals surface area contributed by atoms with Crippen LogP contribution in [0.5, 0.6) is 0 Å². The van der Waals surface area contributed by atoms with Crippen LogP contribution in [0.2, 0.25) is 0 Å². The summed E-state index contributed by atoms with van der Waals surface area (Å²) in [6.45, 7) is 1.99. The summed E-state index contributed by atoms with van der Waals surface area (Å²) in [5.41, 5.74) is 5.69. The van der Waals surface area contributed by atoms with Crippen LogP contribution in [0.4, 0.5) is 0 Å². The Balaban J connectivity index is 2.28. The molecule has 0 saturated heterocycles. The first-order valence-electron chi connectivity index (χ1n) is 6.40. The van der Waals surface area contributed by atoms with E-state index in [4.69, 9.17) is 0 Å². The average molecular weight is 252 g/mol. The lowest BCUT2D eigenvalue weighted by atomic mass is 9.92. The van der Waals surface area contributed by atoms with E-state index in [1.807, 2.05) is 55.5 Å². The van der Waals surface area contributed by atoms with Crippen LogP contribution >= 0.6 is 0 Å². The highest BCUT2D eigenvalue weighted by atomic mass is 16.3. The predicted molar refractivity (Wildman–Crippen MR) is 76.5 cm³/mol. The molecular formula is C17H16O2. The minimum Gasteiger partial charge on any atom is -0.392 e. The van der Waals surface area contributed by atoms with Gasteiger partial charge in [-0.2, -0.15) is 0 Å². The molecule has 0 saturated carbocycles. The standard InChI is InChI=1S/C17H16O2/c1-11-4-2-5-12-8-9-14-13(10-18)6-3-7-15(14)17(19)16(11)12/h2-9,17-19H,10H2,1H3. The lowest BCUT2D eigenvalue weighted by Gasteiger charge is -2.18. The van der Waals surface area contributed by atoms with Crippen LogP contribution in [-0.2, 0) is 6.61 Å². The van der Waals surface area contributed by atoms with Crippen molar-refractivity contribution < 1.29 is 10.2 Å². The molecule has 96 valence electrons. The molecule has 2 aromatic rings. The zero-order valence-electron chi connectivity index (χ0n) is 10.8. The first-order valence-corrected chi connectivity index (χ1v) is 6.40. The van der Waals surface area contributed by atoms with Crippen molar-refractivity contribution in [3.05, 3.63) is 69.8 Å². The highest BCUT2D eigenvalue weighted by Crippen LogP contribution is 2.35. The van der Waals surface area contributed by atoms with Crippen molar-refractivity contribution in [2.45, 2.75) is 19.6 Å². The van der Waals surface area contributed by atoms with Crippen molar-refractivity contribution in [3.8, 4) is 0 Å². The van der Waals surface area contributed by atoms with Crippen molar-refractivity contribution in [1.29, 1.82) is 0 Å². The van der Waals surface area contributed by atoms with Crippen LogP contribution in [0, 0.1) is 6.92 Å². The van der Waals surface area contributed by atoms with Crippen LogP contribution < -0.4 is 0 Å². The van der Waals surface area contributed by atoms with Crippen molar-refractivity contribution in [2.24, 2.45) is 0 Å². The summed E-state index contributed by atoms with van der Waals surface area (Å²) in [5.74, 6) is 0. The summed E-state index contributed by atoms with van der Waals surface area (Å²) in [5, 5.41) is 20.1. The maximum atomic E-state index is 10.7. The third kappa shape index (κ3) is 1.89. The molecule has 2 heteroatoms. The number of hydrogen-bond donors (Lipinski definition) is 2.